The van der Waals surface area contributed by atoms with Crippen molar-refractivity contribution in [1.29, 1.82) is 0 Å². The van der Waals surface area contributed by atoms with Crippen molar-refractivity contribution < 1.29 is 24.2 Å². The first-order valence-corrected chi connectivity index (χ1v) is 28.7. The number of carbonyl (C=O) groups is 2. The second kappa shape index (κ2) is 51.2. The molecule has 2 atom stereocenters. The Labute approximate surface area is 400 Å². The predicted molar refractivity (Wildman–Crippen MR) is 277 cm³/mol. The van der Waals surface area contributed by atoms with Crippen molar-refractivity contribution in [2.75, 3.05) is 59.6 Å². The molecule has 7 nitrogen and oxygen atoms in total. The fraction of sp³-hybridized carbons (Fsp3) is 0.965. The van der Waals surface area contributed by atoms with Crippen molar-refractivity contribution in [1.82, 2.24) is 9.80 Å². The topological polar surface area (TPSA) is 79.3 Å². The highest BCUT2D eigenvalue weighted by atomic mass is 16.5. The molecule has 2 unspecified atom stereocenters. The van der Waals surface area contributed by atoms with Crippen LogP contribution in [0.15, 0.2) is 0 Å². The highest BCUT2D eigenvalue weighted by Gasteiger charge is 2.14. The zero-order chi connectivity index (χ0) is 46.8. The van der Waals surface area contributed by atoms with Crippen LogP contribution < -0.4 is 0 Å². The van der Waals surface area contributed by atoms with Crippen LogP contribution in [-0.2, 0) is 19.1 Å². The third kappa shape index (κ3) is 46.0. The molecule has 0 aromatic heterocycles. The molecule has 0 saturated heterocycles. The van der Waals surface area contributed by atoms with Gasteiger partial charge in [-0.1, -0.05) is 207 Å². The average Bonchev–Trinajstić information content (AvgIpc) is 3.29. The number of nitrogens with zero attached hydrogens (tertiary/aromatic N) is 2. The maximum atomic E-state index is 12.7. The molecule has 7 heteroatoms. The minimum Gasteiger partial charge on any atom is -0.465 e. The number of aliphatic hydroxyl groups is 1. The van der Waals surface area contributed by atoms with Crippen LogP contribution in [-0.4, -0.2) is 86.4 Å². The van der Waals surface area contributed by atoms with E-state index in [1.54, 1.807) is 0 Å². The van der Waals surface area contributed by atoms with Gasteiger partial charge in [-0.25, -0.2) is 0 Å². The van der Waals surface area contributed by atoms with E-state index in [9.17, 15) is 9.59 Å². The van der Waals surface area contributed by atoms with Gasteiger partial charge in [0.2, 0.25) is 0 Å². The Balaban J connectivity index is 4.56. The second-order valence-corrected chi connectivity index (χ2v) is 20.2. The van der Waals surface area contributed by atoms with Crippen LogP contribution >= 0.6 is 0 Å². The van der Waals surface area contributed by atoms with Crippen molar-refractivity contribution >= 4 is 11.9 Å². The lowest BCUT2D eigenvalue weighted by molar-refractivity contribution is -0.146. The third-order valence-corrected chi connectivity index (χ3v) is 13.8. The molecule has 0 aliphatic rings. The molecule has 0 aromatic carbocycles. The monoisotopic (exact) mass is 907 g/mol. The van der Waals surface area contributed by atoms with Crippen LogP contribution in [0.4, 0.5) is 0 Å². The molecular formula is C57H114N2O5. The van der Waals surface area contributed by atoms with Crippen molar-refractivity contribution in [3.8, 4) is 0 Å². The number of carbonyl (C=O) groups excluding carboxylic acids is 2. The highest BCUT2D eigenvalue weighted by Crippen LogP contribution is 2.22. The van der Waals surface area contributed by atoms with E-state index < -0.39 is 0 Å². The molecule has 0 aromatic rings. The summed E-state index contributed by atoms with van der Waals surface area (Å²) in [7, 11) is 2.26. The van der Waals surface area contributed by atoms with Crippen LogP contribution in [0.2, 0.25) is 0 Å². The second-order valence-electron chi connectivity index (χ2n) is 20.2. The first kappa shape index (κ1) is 62.8. The van der Waals surface area contributed by atoms with Crippen LogP contribution in [0, 0.1) is 11.8 Å². The molecule has 382 valence electrons. The van der Waals surface area contributed by atoms with Gasteiger partial charge < -0.3 is 24.4 Å². The Morgan fingerprint density at radius 1 is 0.375 bits per heavy atom. The number of ether oxygens (including phenoxy) is 2. The molecule has 64 heavy (non-hydrogen) atoms. The Morgan fingerprint density at radius 2 is 0.688 bits per heavy atom. The number of hydrogen-bond acceptors (Lipinski definition) is 7. The zero-order valence-electron chi connectivity index (χ0n) is 44.1. The predicted octanol–water partition coefficient (Wildman–Crippen LogP) is 16.2. The largest absolute Gasteiger partial charge is 0.465 e. The van der Waals surface area contributed by atoms with Gasteiger partial charge in [0.05, 0.1) is 13.2 Å². The van der Waals surface area contributed by atoms with Gasteiger partial charge in [-0.05, 0) is 103 Å². The summed E-state index contributed by atoms with van der Waals surface area (Å²) in [5.74, 6) is 1.10. The molecule has 0 radical (unpaired) electrons. The molecule has 0 heterocycles. The SMILES string of the molecule is CCCCCCCCC(CCCCCC)COC(=O)CCCCCCCN(CCCCCCCC(=O)OCC(CCCCCC)CCCCCCCC)CCN(C)CCCCCCO. The summed E-state index contributed by atoms with van der Waals surface area (Å²) < 4.78 is 11.7. The molecule has 0 rings (SSSR count). The summed E-state index contributed by atoms with van der Waals surface area (Å²) in [5.41, 5.74) is 0. The normalized spacial score (nSPS) is 12.7. The lowest BCUT2D eigenvalue weighted by Gasteiger charge is -2.25. The smallest absolute Gasteiger partial charge is 0.305 e. The van der Waals surface area contributed by atoms with Gasteiger partial charge in [-0.2, -0.15) is 0 Å². The van der Waals surface area contributed by atoms with Crippen LogP contribution in [0.3, 0.4) is 0 Å². The molecule has 1 N–H and O–H groups in total. The van der Waals surface area contributed by atoms with E-state index >= 15 is 0 Å². The van der Waals surface area contributed by atoms with Crippen molar-refractivity contribution in [3.63, 3.8) is 0 Å². The Kier molecular flexibility index (Phi) is 50.3. The van der Waals surface area contributed by atoms with Gasteiger partial charge >= 0.3 is 11.9 Å². The van der Waals surface area contributed by atoms with Crippen LogP contribution in [0.1, 0.15) is 285 Å². The van der Waals surface area contributed by atoms with E-state index in [0.717, 1.165) is 71.2 Å². The number of rotatable bonds is 53. The molecule has 0 bridgehead atoms. The fourth-order valence-corrected chi connectivity index (χ4v) is 9.21. The van der Waals surface area contributed by atoms with E-state index in [1.807, 2.05) is 0 Å². The summed E-state index contributed by atoms with van der Waals surface area (Å²) in [5, 5.41) is 9.10. The van der Waals surface area contributed by atoms with Gasteiger partial charge in [0.15, 0.2) is 0 Å². The standard InChI is InChI=1S/C57H114N2O5/c1-6-10-14-18-22-32-42-54(40-30-16-12-8-3)52-63-56(61)44-34-24-20-26-37-47-59(50-49-58(5)46-36-28-29-39-51-60)48-38-27-21-25-35-45-57(62)64-53-55(41-31-17-13-9-4)43-33-23-19-15-11-7-2/h54-55,60H,6-53H2,1-5H3. The summed E-state index contributed by atoms with van der Waals surface area (Å²) >= 11 is 0. The molecule has 0 spiro atoms. The van der Waals surface area contributed by atoms with E-state index in [1.165, 1.54) is 205 Å². The molecule has 0 aliphatic carbocycles. The summed E-state index contributed by atoms with van der Waals surface area (Å²) in [4.78, 5) is 30.6. The van der Waals surface area contributed by atoms with Crippen molar-refractivity contribution in [2.45, 2.75) is 285 Å². The molecular weight excluding hydrogens is 793 g/mol. The lowest BCUT2D eigenvalue weighted by atomic mass is 9.95. The summed E-state index contributed by atoms with van der Waals surface area (Å²) in [6.45, 7) is 16.3. The van der Waals surface area contributed by atoms with Gasteiger partial charge in [0.1, 0.15) is 0 Å². The number of likely N-dealkylation sites (N-methyl/N-ethyl adjacent to an activating group) is 1. The Bertz CT molecular complexity index is 887. The summed E-state index contributed by atoms with van der Waals surface area (Å²) in [6, 6.07) is 0. The maximum absolute atomic E-state index is 12.7. The number of unbranched alkanes of at least 4 members (excludes halogenated alkanes) is 27. The van der Waals surface area contributed by atoms with Gasteiger partial charge in [-0.3, -0.25) is 9.59 Å². The van der Waals surface area contributed by atoms with Crippen LogP contribution in [0.25, 0.3) is 0 Å². The molecule has 0 saturated carbocycles. The first-order chi connectivity index (χ1) is 31.4. The van der Waals surface area contributed by atoms with E-state index in [4.69, 9.17) is 14.6 Å². The Morgan fingerprint density at radius 3 is 1.08 bits per heavy atom. The van der Waals surface area contributed by atoms with Crippen LogP contribution in [0.5, 0.6) is 0 Å². The summed E-state index contributed by atoms with van der Waals surface area (Å²) in [6.07, 6.45) is 48.0. The van der Waals surface area contributed by atoms with E-state index in [2.05, 4.69) is 44.5 Å². The third-order valence-electron chi connectivity index (χ3n) is 13.8. The van der Waals surface area contributed by atoms with Gasteiger partial charge in [0.25, 0.3) is 0 Å². The van der Waals surface area contributed by atoms with Crippen molar-refractivity contribution in [2.24, 2.45) is 11.8 Å². The fourth-order valence-electron chi connectivity index (χ4n) is 9.21. The first-order valence-electron chi connectivity index (χ1n) is 28.7. The van der Waals surface area contributed by atoms with E-state index in [0.29, 0.717) is 44.5 Å². The van der Waals surface area contributed by atoms with Gasteiger partial charge in [0, 0.05) is 32.5 Å². The average molecular weight is 908 g/mol. The lowest BCUT2D eigenvalue weighted by Crippen LogP contribution is -2.35. The Hall–Kier alpha value is -1.18. The molecule has 0 amide bonds. The van der Waals surface area contributed by atoms with Gasteiger partial charge in [-0.15, -0.1) is 0 Å². The number of esters is 2. The van der Waals surface area contributed by atoms with Crippen molar-refractivity contribution in [3.05, 3.63) is 0 Å². The minimum absolute atomic E-state index is 0.0147. The minimum atomic E-state index is 0.0147. The quantitative estimate of drug-likeness (QED) is 0.0481. The number of aliphatic hydroxyl groups excluding tert-OH is 1. The zero-order valence-corrected chi connectivity index (χ0v) is 44.1. The number of hydrogen-bond donors (Lipinski definition) is 1. The highest BCUT2D eigenvalue weighted by molar-refractivity contribution is 5.69. The maximum Gasteiger partial charge on any atom is 0.305 e. The van der Waals surface area contributed by atoms with E-state index in [-0.39, 0.29) is 11.9 Å². The molecule has 0 fully saturated rings. The molecule has 0 aliphatic heterocycles.